The van der Waals surface area contributed by atoms with E-state index in [1.54, 1.807) is 0 Å². The van der Waals surface area contributed by atoms with Crippen molar-refractivity contribution in [1.29, 1.82) is 0 Å². The molecular formula is C8H8BFO2. The quantitative estimate of drug-likeness (QED) is 0.687. The molecule has 0 aliphatic heterocycles. The molecule has 0 aromatic heterocycles. The molecule has 1 N–H and O–H groups in total. The van der Waals surface area contributed by atoms with Gasteiger partial charge in [0.2, 0.25) is 0 Å². The Bertz CT molecular complexity index is 260. The van der Waals surface area contributed by atoms with E-state index in [1.165, 1.54) is 30.2 Å². The van der Waals surface area contributed by atoms with Gasteiger partial charge >= 0.3 is 7.12 Å². The van der Waals surface area contributed by atoms with Crippen LogP contribution in [0.5, 0.6) is 5.75 Å². The molecule has 0 aliphatic carbocycles. The number of rotatable bonds is 3. The van der Waals surface area contributed by atoms with Gasteiger partial charge in [0.15, 0.2) is 0 Å². The number of benzene rings is 1. The van der Waals surface area contributed by atoms with Gasteiger partial charge < -0.3 is 9.68 Å². The third kappa shape index (κ3) is 2.40. The minimum Gasteiger partial charge on any atom is -0.533 e. The van der Waals surface area contributed by atoms with Gasteiger partial charge in [-0.3, -0.25) is 0 Å². The molecule has 0 aliphatic rings. The summed E-state index contributed by atoms with van der Waals surface area (Å²) < 4.78 is 17.3. The summed E-state index contributed by atoms with van der Waals surface area (Å²) in [5, 5.41) is 8.95. The fraction of sp³-hybridized carbons (Fsp3) is 0. The van der Waals surface area contributed by atoms with Crippen molar-refractivity contribution >= 4 is 7.12 Å². The highest BCUT2D eigenvalue weighted by Gasteiger charge is 2.08. The second-order valence-electron chi connectivity index (χ2n) is 2.20. The van der Waals surface area contributed by atoms with Crippen LogP contribution in [0.1, 0.15) is 0 Å². The summed E-state index contributed by atoms with van der Waals surface area (Å²) in [5.41, 5.74) is 0. The third-order valence-electron chi connectivity index (χ3n) is 1.27. The van der Waals surface area contributed by atoms with Crippen LogP contribution in [0.2, 0.25) is 0 Å². The molecule has 0 radical (unpaired) electrons. The molecular weight excluding hydrogens is 158 g/mol. The molecule has 0 atom stereocenters. The summed E-state index contributed by atoms with van der Waals surface area (Å²) in [5.74, 6) is 1.31. The molecule has 0 amide bonds. The van der Waals surface area contributed by atoms with E-state index in [-0.39, 0.29) is 5.82 Å². The predicted molar refractivity (Wildman–Crippen MR) is 45.2 cm³/mol. The first-order valence-electron chi connectivity index (χ1n) is 3.45. The molecule has 0 unspecified atom stereocenters. The molecule has 0 saturated heterocycles. The number of halogens is 1. The van der Waals surface area contributed by atoms with Gasteiger partial charge in [-0.25, -0.2) is 4.39 Å². The first-order valence-corrected chi connectivity index (χ1v) is 3.45. The van der Waals surface area contributed by atoms with Gasteiger partial charge in [0.25, 0.3) is 0 Å². The summed E-state index contributed by atoms with van der Waals surface area (Å²) in [6, 6.07) is 5.38. The molecule has 1 aromatic rings. The van der Waals surface area contributed by atoms with Gasteiger partial charge in [-0.2, -0.15) is 0 Å². The highest BCUT2D eigenvalue weighted by Crippen LogP contribution is 2.11. The normalized spacial score (nSPS) is 9.17. The molecule has 12 heavy (non-hydrogen) atoms. The Kier molecular flexibility index (Phi) is 2.88. The van der Waals surface area contributed by atoms with Crippen LogP contribution in [0.25, 0.3) is 0 Å². The van der Waals surface area contributed by atoms with E-state index in [9.17, 15) is 4.39 Å². The number of hydrogen-bond donors (Lipinski definition) is 1. The minimum absolute atomic E-state index is 0.338. The van der Waals surface area contributed by atoms with Crippen molar-refractivity contribution in [2.24, 2.45) is 0 Å². The lowest BCUT2D eigenvalue weighted by Crippen LogP contribution is -2.17. The van der Waals surface area contributed by atoms with Crippen LogP contribution >= 0.6 is 0 Å². The van der Waals surface area contributed by atoms with Crippen molar-refractivity contribution in [2.75, 3.05) is 0 Å². The fourth-order valence-corrected chi connectivity index (χ4v) is 0.701. The van der Waals surface area contributed by atoms with Crippen LogP contribution < -0.4 is 4.65 Å². The lowest BCUT2D eigenvalue weighted by Gasteiger charge is -2.05. The second kappa shape index (κ2) is 3.92. The van der Waals surface area contributed by atoms with Crippen LogP contribution in [-0.2, 0) is 0 Å². The van der Waals surface area contributed by atoms with Gasteiger partial charge in [0, 0.05) is 0 Å². The monoisotopic (exact) mass is 166 g/mol. The smallest absolute Gasteiger partial charge is 0.533 e. The van der Waals surface area contributed by atoms with Crippen molar-refractivity contribution in [3.8, 4) is 5.75 Å². The maximum Gasteiger partial charge on any atom is 0.551 e. The molecule has 1 aromatic carbocycles. The molecule has 4 heteroatoms. The van der Waals surface area contributed by atoms with Crippen LogP contribution in [0, 0.1) is 5.82 Å². The molecule has 0 saturated carbocycles. The molecule has 0 spiro atoms. The van der Waals surface area contributed by atoms with E-state index in [0.29, 0.717) is 5.75 Å². The van der Waals surface area contributed by atoms with Crippen molar-refractivity contribution in [1.82, 2.24) is 0 Å². The highest BCUT2D eigenvalue weighted by molar-refractivity contribution is 6.49. The molecule has 62 valence electrons. The van der Waals surface area contributed by atoms with E-state index in [4.69, 9.17) is 9.68 Å². The zero-order chi connectivity index (χ0) is 8.97. The topological polar surface area (TPSA) is 29.5 Å². The van der Waals surface area contributed by atoms with Crippen LogP contribution in [0.15, 0.2) is 36.8 Å². The summed E-state index contributed by atoms with van der Waals surface area (Å²) in [4.78, 5) is 0. The zero-order valence-electron chi connectivity index (χ0n) is 6.40. The van der Waals surface area contributed by atoms with Crippen LogP contribution in [0.3, 0.4) is 0 Å². The van der Waals surface area contributed by atoms with E-state index in [0.717, 1.165) is 0 Å². The van der Waals surface area contributed by atoms with Crippen molar-refractivity contribution < 1.29 is 14.1 Å². The largest absolute Gasteiger partial charge is 0.551 e. The molecule has 2 nitrogen and oxygen atoms in total. The average Bonchev–Trinajstić information content (AvgIpc) is 2.09. The number of hydrogen-bond acceptors (Lipinski definition) is 2. The highest BCUT2D eigenvalue weighted by atomic mass is 19.1. The van der Waals surface area contributed by atoms with Crippen molar-refractivity contribution in [3.05, 3.63) is 42.6 Å². The molecule has 0 fully saturated rings. The summed E-state index contributed by atoms with van der Waals surface area (Å²) in [6.07, 6.45) is 0. The standard InChI is InChI=1S/C8H8BFO2/c1-2-9(11)12-8-5-3-7(10)4-6-8/h2-6,11H,1H2. The average molecular weight is 166 g/mol. The Morgan fingerprint density at radius 1 is 1.42 bits per heavy atom. The molecule has 0 heterocycles. The Morgan fingerprint density at radius 2 is 2.00 bits per heavy atom. The van der Waals surface area contributed by atoms with E-state index in [1.807, 2.05) is 0 Å². The van der Waals surface area contributed by atoms with E-state index in [2.05, 4.69) is 6.58 Å². The maximum absolute atomic E-state index is 12.4. The van der Waals surface area contributed by atoms with E-state index >= 15 is 0 Å². The summed E-state index contributed by atoms with van der Waals surface area (Å²) in [7, 11) is -1.05. The minimum atomic E-state index is -1.05. The lowest BCUT2D eigenvalue weighted by molar-refractivity contribution is 0.430. The van der Waals surface area contributed by atoms with Crippen LogP contribution in [0.4, 0.5) is 4.39 Å². The second-order valence-corrected chi connectivity index (χ2v) is 2.20. The van der Waals surface area contributed by atoms with E-state index < -0.39 is 7.12 Å². The van der Waals surface area contributed by atoms with Gasteiger partial charge in [-0.15, -0.1) is 6.58 Å². The zero-order valence-corrected chi connectivity index (χ0v) is 6.40. The van der Waals surface area contributed by atoms with Gasteiger partial charge in [-0.1, -0.05) is 0 Å². The summed E-state index contributed by atoms with van der Waals surface area (Å²) >= 11 is 0. The van der Waals surface area contributed by atoms with Crippen LogP contribution in [-0.4, -0.2) is 12.1 Å². The lowest BCUT2D eigenvalue weighted by atomic mass is 9.92. The maximum atomic E-state index is 12.4. The van der Waals surface area contributed by atoms with Gasteiger partial charge in [0.1, 0.15) is 11.6 Å². The van der Waals surface area contributed by atoms with Gasteiger partial charge in [-0.05, 0) is 30.2 Å². The Morgan fingerprint density at radius 3 is 2.50 bits per heavy atom. The fourth-order valence-electron chi connectivity index (χ4n) is 0.701. The Hall–Kier alpha value is -1.29. The van der Waals surface area contributed by atoms with Gasteiger partial charge in [0.05, 0.1) is 0 Å². The first kappa shape index (κ1) is 8.81. The predicted octanol–water partition coefficient (Wildman–Crippen LogP) is 1.41. The molecule has 0 bridgehead atoms. The summed E-state index contributed by atoms with van der Waals surface area (Å²) in [6.45, 7) is 3.33. The first-order chi connectivity index (χ1) is 5.72. The van der Waals surface area contributed by atoms with Crippen molar-refractivity contribution in [2.45, 2.75) is 0 Å². The Balaban J connectivity index is 2.64. The Labute approximate surface area is 70.4 Å². The third-order valence-corrected chi connectivity index (χ3v) is 1.27. The molecule has 1 rings (SSSR count). The SMILES string of the molecule is C=CB(O)Oc1ccc(F)cc1. The van der Waals surface area contributed by atoms with Crippen molar-refractivity contribution in [3.63, 3.8) is 0 Å².